The van der Waals surface area contributed by atoms with Gasteiger partial charge in [-0.15, -0.1) is 0 Å². The molecule has 0 rings (SSSR count). The van der Waals surface area contributed by atoms with Gasteiger partial charge in [-0.3, -0.25) is 15.4 Å². The van der Waals surface area contributed by atoms with Gasteiger partial charge in [0.05, 0.1) is 13.5 Å². The van der Waals surface area contributed by atoms with Gasteiger partial charge in [-0.05, 0) is 46.7 Å². The fourth-order valence-corrected chi connectivity index (χ4v) is 1.22. The number of esters is 1. The van der Waals surface area contributed by atoms with Gasteiger partial charge in [-0.2, -0.15) is 0 Å². The number of nitrogens with one attached hydrogen (secondary N) is 2. The zero-order valence-corrected chi connectivity index (χ0v) is 15.7. The number of nitrogens with zero attached hydrogens (tertiary/aromatic N) is 1. The topological polar surface area (TPSA) is 125 Å². The molecule has 2 amide bonds. The first-order valence-corrected chi connectivity index (χ1v) is 7.59. The highest BCUT2D eigenvalue weighted by molar-refractivity contribution is 6.01. The Morgan fingerprint density at radius 1 is 0.880 bits per heavy atom. The van der Waals surface area contributed by atoms with Crippen LogP contribution in [-0.4, -0.2) is 49.0 Å². The molecular formula is C15H27N3O7. The van der Waals surface area contributed by atoms with E-state index in [4.69, 9.17) is 14.3 Å². The first-order chi connectivity index (χ1) is 11.3. The number of amides is 2. The molecule has 10 nitrogen and oxygen atoms in total. The second-order valence-electron chi connectivity index (χ2n) is 6.85. The number of methoxy groups -OCH3 is 1. The lowest BCUT2D eigenvalue weighted by Crippen LogP contribution is -2.47. The highest BCUT2D eigenvalue weighted by Gasteiger charge is 2.21. The molecule has 0 fully saturated rings. The van der Waals surface area contributed by atoms with Crippen molar-refractivity contribution in [2.45, 2.75) is 59.2 Å². The summed E-state index contributed by atoms with van der Waals surface area (Å²) in [6, 6.07) is 0. The lowest BCUT2D eigenvalue weighted by Gasteiger charge is -2.21. The Balaban J connectivity index is 4.83. The van der Waals surface area contributed by atoms with Crippen molar-refractivity contribution in [1.29, 1.82) is 0 Å². The van der Waals surface area contributed by atoms with E-state index in [2.05, 4.69) is 20.5 Å². The van der Waals surface area contributed by atoms with Crippen LogP contribution < -0.4 is 10.6 Å². The van der Waals surface area contributed by atoms with Crippen molar-refractivity contribution in [3.63, 3.8) is 0 Å². The molecule has 0 aromatic carbocycles. The molecule has 0 bridgehead atoms. The van der Waals surface area contributed by atoms with Crippen molar-refractivity contribution in [2.75, 3.05) is 13.7 Å². The van der Waals surface area contributed by atoms with Crippen molar-refractivity contribution in [2.24, 2.45) is 5.16 Å². The maximum Gasteiger partial charge on any atom is 0.414 e. The molecule has 0 aliphatic rings. The van der Waals surface area contributed by atoms with E-state index in [1.807, 2.05) is 0 Å². The van der Waals surface area contributed by atoms with Crippen molar-refractivity contribution >= 4 is 24.1 Å². The normalized spacial score (nSPS) is 11.0. The molecule has 2 N–H and O–H groups in total. The minimum Gasteiger partial charge on any atom is -0.469 e. The summed E-state index contributed by atoms with van der Waals surface area (Å²) >= 11 is 0. The summed E-state index contributed by atoms with van der Waals surface area (Å²) in [7, 11) is 1.24. The number of ether oxygens (including phenoxy) is 3. The number of oxime groups is 1. The molecule has 0 aliphatic carbocycles. The van der Waals surface area contributed by atoms with Crippen LogP contribution in [-0.2, 0) is 23.8 Å². The largest absolute Gasteiger partial charge is 0.469 e. The van der Waals surface area contributed by atoms with E-state index in [1.54, 1.807) is 41.5 Å². The molecule has 0 saturated carbocycles. The lowest BCUT2D eigenvalue weighted by molar-refractivity contribution is -0.141. The Labute approximate surface area is 147 Å². The molecule has 0 aromatic heterocycles. The number of alkyl carbamates (subject to hydrolysis) is 2. The number of carbonyl (C=O) groups is 3. The van der Waals surface area contributed by atoms with E-state index in [9.17, 15) is 14.4 Å². The maximum atomic E-state index is 11.8. The van der Waals surface area contributed by atoms with E-state index in [0.717, 1.165) is 0 Å². The van der Waals surface area contributed by atoms with Gasteiger partial charge < -0.3 is 19.0 Å². The average Bonchev–Trinajstić information content (AvgIpc) is 2.38. The third-order valence-electron chi connectivity index (χ3n) is 2.02. The minimum atomic E-state index is -0.848. The van der Waals surface area contributed by atoms with Crippen LogP contribution >= 0.6 is 0 Å². The van der Waals surface area contributed by atoms with E-state index in [-0.39, 0.29) is 19.0 Å². The van der Waals surface area contributed by atoms with Gasteiger partial charge in [-0.1, -0.05) is 0 Å². The summed E-state index contributed by atoms with van der Waals surface area (Å²) in [6.45, 7) is 9.96. The van der Waals surface area contributed by atoms with E-state index >= 15 is 0 Å². The third kappa shape index (κ3) is 13.6. The van der Waals surface area contributed by atoms with Crippen LogP contribution in [0.25, 0.3) is 0 Å². The summed E-state index contributed by atoms with van der Waals surface area (Å²) in [5.41, 5.74) is -1.49. The molecule has 10 heteroatoms. The second-order valence-corrected chi connectivity index (χ2v) is 6.85. The Kier molecular flexibility index (Phi) is 8.72. The molecule has 0 atom stereocenters. The zero-order chi connectivity index (χ0) is 19.7. The fraction of sp³-hybridized carbons (Fsp3) is 0.733. The quantitative estimate of drug-likeness (QED) is 0.196. The number of carbonyl (C=O) groups excluding carboxylic acids is 3. The van der Waals surface area contributed by atoms with Gasteiger partial charge in [0.25, 0.3) is 5.96 Å². The van der Waals surface area contributed by atoms with Gasteiger partial charge in [0, 0.05) is 0 Å². The Hall–Kier alpha value is -2.52. The monoisotopic (exact) mass is 361 g/mol. The third-order valence-corrected chi connectivity index (χ3v) is 2.02. The number of hydrogen-bond acceptors (Lipinski definition) is 8. The molecule has 0 saturated heterocycles. The summed E-state index contributed by atoms with van der Waals surface area (Å²) in [6.07, 6.45) is -1.75. The molecule has 0 radical (unpaired) electrons. The van der Waals surface area contributed by atoms with Gasteiger partial charge in [0.1, 0.15) is 17.8 Å². The van der Waals surface area contributed by atoms with Crippen molar-refractivity contribution < 1.29 is 33.4 Å². The van der Waals surface area contributed by atoms with Crippen LogP contribution in [0.3, 0.4) is 0 Å². The first-order valence-electron chi connectivity index (χ1n) is 7.59. The van der Waals surface area contributed by atoms with Crippen LogP contribution in [0.4, 0.5) is 9.59 Å². The predicted octanol–water partition coefficient (Wildman–Crippen LogP) is 1.89. The smallest absolute Gasteiger partial charge is 0.414 e. The van der Waals surface area contributed by atoms with Gasteiger partial charge >= 0.3 is 18.2 Å². The van der Waals surface area contributed by atoms with Crippen molar-refractivity contribution in [3.8, 4) is 0 Å². The van der Waals surface area contributed by atoms with E-state index in [0.29, 0.717) is 0 Å². The Bertz CT molecular complexity index is 472. The molecule has 25 heavy (non-hydrogen) atoms. The molecular weight excluding hydrogens is 334 g/mol. The van der Waals surface area contributed by atoms with Crippen LogP contribution in [0.2, 0.25) is 0 Å². The van der Waals surface area contributed by atoms with Crippen LogP contribution in [0.15, 0.2) is 5.16 Å². The van der Waals surface area contributed by atoms with Crippen LogP contribution in [0.5, 0.6) is 0 Å². The van der Waals surface area contributed by atoms with Crippen molar-refractivity contribution in [1.82, 2.24) is 10.6 Å². The number of rotatable bonds is 4. The summed E-state index contributed by atoms with van der Waals surface area (Å²) in [5, 5.41) is 8.01. The molecule has 0 heterocycles. The van der Waals surface area contributed by atoms with E-state index in [1.165, 1.54) is 7.11 Å². The maximum absolute atomic E-state index is 11.8. The predicted molar refractivity (Wildman–Crippen MR) is 88.8 cm³/mol. The number of guanidine groups is 1. The zero-order valence-electron chi connectivity index (χ0n) is 15.7. The highest BCUT2D eigenvalue weighted by Crippen LogP contribution is 2.07. The molecule has 144 valence electrons. The Morgan fingerprint density at radius 3 is 1.68 bits per heavy atom. The Morgan fingerprint density at radius 2 is 1.32 bits per heavy atom. The van der Waals surface area contributed by atoms with Gasteiger partial charge in [0.15, 0.2) is 0 Å². The SMILES string of the molecule is COC(=O)CCON=C(NC(=O)OC(C)(C)C)NC(=O)OC(C)(C)C. The lowest BCUT2D eigenvalue weighted by atomic mass is 10.2. The fourth-order valence-electron chi connectivity index (χ4n) is 1.22. The molecule has 0 aliphatic heterocycles. The molecule has 0 spiro atoms. The van der Waals surface area contributed by atoms with Crippen molar-refractivity contribution in [3.05, 3.63) is 0 Å². The van der Waals surface area contributed by atoms with Crippen LogP contribution in [0, 0.1) is 0 Å². The van der Waals surface area contributed by atoms with Gasteiger partial charge in [-0.25, -0.2) is 9.59 Å². The standard InChI is InChI=1S/C15H27N3O7/c1-14(2,3)24-12(20)16-11(17-13(21)25-15(4,5)6)18-23-9-8-10(19)22-7/h8-9H2,1-7H3,(H2,16,17,18,20,21). The highest BCUT2D eigenvalue weighted by atomic mass is 16.6. The molecule has 0 unspecified atom stereocenters. The summed E-state index contributed by atoms with van der Waals surface area (Å²) in [4.78, 5) is 39.4. The second kappa shape index (κ2) is 9.70. The summed E-state index contributed by atoms with van der Waals surface area (Å²) in [5.74, 6) is -0.828. The van der Waals surface area contributed by atoms with Gasteiger partial charge in [0.2, 0.25) is 0 Å². The van der Waals surface area contributed by atoms with Crippen LogP contribution in [0.1, 0.15) is 48.0 Å². The minimum absolute atomic E-state index is 0.0494. The first kappa shape index (κ1) is 22.5. The molecule has 0 aromatic rings. The number of hydrogen-bond donors (Lipinski definition) is 2. The average molecular weight is 361 g/mol. The summed E-state index contributed by atoms with van der Waals surface area (Å²) < 4.78 is 14.6. The van der Waals surface area contributed by atoms with E-state index < -0.39 is 29.4 Å².